The summed E-state index contributed by atoms with van der Waals surface area (Å²) < 4.78 is 16.9. The van der Waals surface area contributed by atoms with E-state index in [-0.39, 0.29) is 0 Å². The summed E-state index contributed by atoms with van der Waals surface area (Å²) in [4.78, 5) is 7.71. The lowest BCUT2D eigenvalue weighted by Gasteiger charge is -2.10. The van der Waals surface area contributed by atoms with Crippen LogP contribution >= 0.6 is 11.6 Å². The second-order valence-corrected chi connectivity index (χ2v) is 7.47. The minimum Gasteiger partial charge on any atom is -0.493 e. The molecule has 7 nitrogen and oxygen atoms in total. The Morgan fingerprint density at radius 3 is 2.62 bits per heavy atom. The first-order valence-electron chi connectivity index (χ1n) is 9.85. The number of imidazole rings is 1. The average Bonchev–Trinajstić information content (AvgIpc) is 3.25. The number of nitrogens with one attached hydrogen (secondary N) is 2. The van der Waals surface area contributed by atoms with Crippen LogP contribution in [0.25, 0.3) is 33.3 Å². The second kappa shape index (κ2) is 8.28. The van der Waals surface area contributed by atoms with E-state index in [9.17, 15) is 0 Å². The number of aromatic nitrogens is 2. The number of hydrogen-bond acceptors (Lipinski definition) is 6. The Kier molecular flexibility index (Phi) is 5.17. The van der Waals surface area contributed by atoms with Gasteiger partial charge >= 0.3 is 0 Å². The van der Waals surface area contributed by atoms with Gasteiger partial charge in [-0.05, 0) is 48.5 Å². The first-order valence-corrected chi connectivity index (χ1v) is 10.2. The summed E-state index contributed by atoms with van der Waals surface area (Å²) in [5, 5.41) is 6.60. The summed E-state index contributed by atoms with van der Waals surface area (Å²) in [6.45, 7) is 0. The highest BCUT2D eigenvalue weighted by Gasteiger charge is 2.11. The molecule has 2 aromatic heterocycles. The monoisotopic (exact) mass is 446 g/mol. The average molecular weight is 447 g/mol. The van der Waals surface area contributed by atoms with Gasteiger partial charge in [-0.2, -0.15) is 5.10 Å². The minimum atomic E-state index is 0.537. The van der Waals surface area contributed by atoms with Gasteiger partial charge in [-0.25, -0.2) is 10.4 Å². The predicted octanol–water partition coefficient (Wildman–Crippen LogP) is 5.57. The number of halogens is 1. The number of H-pyrrole nitrogens is 1. The Bertz CT molecular complexity index is 1470. The van der Waals surface area contributed by atoms with Crippen LogP contribution in [0.5, 0.6) is 11.5 Å². The normalized spacial score (nSPS) is 11.8. The molecular formula is C24H19ClN4O3. The van der Waals surface area contributed by atoms with E-state index in [0.717, 1.165) is 22.0 Å². The van der Waals surface area contributed by atoms with Crippen LogP contribution in [0.3, 0.4) is 0 Å². The number of hydrogen-bond donors (Lipinski definition) is 2. The molecule has 0 unspecified atom stereocenters. The fraction of sp³-hybridized carbons (Fsp3) is 0.0833. The molecule has 0 fully saturated rings. The third kappa shape index (κ3) is 3.74. The molecule has 0 saturated carbocycles. The van der Waals surface area contributed by atoms with E-state index < -0.39 is 0 Å². The fourth-order valence-electron chi connectivity index (χ4n) is 3.48. The minimum absolute atomic E-state index is 0.537. The first kappa shape index (κ1) is 20.0. The smallest absolute Gasteiger partial charge is 0.222 e. The molecular weight excluding hydrogens is 428 g/mol. The van der Waals surface area contributed by atoms with Crippen LogP contribution < -0.4 is 20.3 Å². The number of nitrogens with zero attached hydrogens (tertiary/aromatic N) is 2. The Labute approximate surface area is 188 Å². The molecule has 5 rings (SSSR count). The van der Waals surface area contributed by atoms with Crippen molar-refractivity contribution in [3.63, 3.8) is 0 Å². The van der Waals surface area contributed by atoms with Crippen molar-refractivity contribution in [3.05, 3.63) is 77.1 Å². The second-order valence-electron chi connectivity index (χ2n) is 7.03. The van der Waals surface area contributed by atoms with Crippen LogP contribution in [0.1, 0.15) is 0 Å². The molecule has 0 radical (unpaired) electrons. The SMILES string of the molecule is COc1ccc(-c2cc(=NNc3nc4ccccc4[nH]3)c3cc(Cl)ccc3o2)cc1OC. The lowest BCUT2D eigenvalue weighted by atomic mass is 10.1. The summed E-state index contributed by atoms with van der Waals surface area (Å²) in [6, 6.07) is 20.6. The van der Waals surface area contributed by atoms with E-state index in [2.05, 4.69) is 20.5 Å². The maximum absolute atomic E-state index is 6.24. The molecule has 32 heavy (non-hydrogen) atoms. The molecule has 8 heteroatoms. The van der Waals surface area contributed by atoms with E-state index in [0.29, 0.717) is 39.2 Å². The molecule has 3 aromatic carbocycles. The maximum atomic E-state index is 6.24. The number of para-hydroxylation sites is 2. The number of methoxy groups -OCH3 is 2. The van der Waals surface area contributed by atoms with Gasteiger partial charge < -0.3 is 18.9 Å². The van der Waals surface area contributed by atoms with E-state index in [4.69, 9.17) is 25.5 Å². The fourth-order valence-corrected chi connectivity index (χ4v) is 3.66. The summed E-state index contributed by atoms with van der Waals surface area (Å²) in [5.74, 6) is 2.40. The highest BCUT2D eigenvalue weighted by Crippen LogP contribution is 2.33. The Balaban J connectivity index is 1.63. The van der Waals surface area contributed by atoms with Crippen molar-refractivity contribution in [1.29, 1.82) is 0 Å². The molecule has 2 heterocycles. The largest absolute Gasteiger partial charge is 0.493 e. The molecule has 0 saturated heterocycles. The van der Waals surface area contributed by atoms with Crippen LogP contribution in [0.15, 0.2) is 76.2 Å². The molecule has 0 bridgehead atoms. The van der Waals surface area contributed by atoms with Gasteiger partial charge in [-0.3, -0.25) is 0 Å². The first-order chi connectivity index (χ1) is 15.6. The van der Waals surface area contributed by atoms with Crippen molar-refractivity contribution in [2.45, 2.75) is 0 Å². The van der Waals surface area contributed by atoms with Crippen molar-refractivity contribution >= 4 is 39.6 Å². The van der Waals surface area contributed by atoms with Crippen molar-refractivity contribution in [1.82, 2.24) is 9.97 Å². The number of benzene rings is 3. The van der Waals surface area contributed by atoms with Crippen molar-refractivity contribution < 1.29 is 13.9 Å². The summed E-state index contributed by atoms with van der Waals surface area (Å²) in [5.41, 5.74) is 6.25. The van der Waals surface area contributed by atoms with E-state index >= 15 is 0 Å². The summed E-state index contributed by atoms with van der Waals surface area (Å²) in [6.07, 6.45) is 0. The van der Waals surface area contributed by atoms with E-state index in [1.165, 1.54) is 0 Å². The standard InChI is InChI=1S/C24H19ClN4O3/c1-30-21-9-7-14(11-23(21)31-2)22-13-19(16-12-15(25)8-10-20(16)32-22)28-29-24-26-17-5-3-4-6-18(17)27-24/h3-13H,1-2H3,(H2,26,27,29). The Morgan fingerprint density at radius 2 is 1.81 bits per heavy atom. The molecule has 0 amide bonds. The molecule has 0 aliphatic carbocycles. The van der Waals surface area contributed by atoms with Gasteiger partial charge in [0.1, 0.15) is 11.3 Å². The van der Waals surface area contributed by atoms with Crippen molar-refractivity contribution in [3.8, 4) is 22.8 Å². The van der Waals surface area contributed by atoms with Crippen molar-refractivity contribution in [2.24, 2.45) is 5.10 Å². The topological polar surface area (TPSA) is 84.7 Å². The zero-order valence-electron chi connectivity index (χ0n) is 17.3. The highest BCUT2D eigenvalue weighted by molar-refractivity contribution is 6.31. The van der Waals surface area contributed by atoms with Gasteiger partial charge in [-0.1, -0.05) is 23.7 Å². The third-order valence-electron chi connectivity index (χ3n) is 5.04. The number of ether oxygens (including phenoxy) is 2. The van der Waals surface area contributed by atoms with E-state index in [1.807, 2.05) is 60.7 Å². The third-order valence-corrected chi connectivity index (χ3v) is 5.28. The summed E-state index contributed by atoms with van der Waals surface area (Å²) in [7, 11) is 3.20. The van der Waals surface area contributed by atoms with Crippen LogP contribution in [0.4, 0.5) is 5.95 Å². The van der Waals surface area contributed by atoms with Gasteiger partial charge in [0.25, 0.3) is 0 Å². The predicted molar refractivity (Wildman–Crippen MR) is 125 cm³/mol. The Morgan fingerprint density at radius 1 is 0.969 bits per heavy atom. The lowest BCUT2D eigenvalue weighted by molar-refractivity contribution is 0.355. The zero-order valence-corrected chi connectivity index (χ0v) is 18.1. The van der Waals surface area contributed by atoms with Crippen LogP contribution in [0.2, 0.25) is 5.02 Å². The quantitative estimate of drug-likeness (QED) is 0.344. The van der Waals surface area contributed by atoms with Crippen LogP contribution in [0, 0.1) is 0 Å². The highest BCUT2D eigenvalue weighted by atomic mass is 35.5. The molecule has 0 spiro atoms. The van der Waals surface area contributed by atoms with Gasteiger partial charge in [-0.15, -0.1) is 0 Å². The molecule has 2 N–H and O–H groups in total. The van der Waals surface area contributed by atoms with Crippen LogP contribution in [-0.2, 0) is 0 Å². The molecule has 0 aliphatic rings. The molecule has 0 aliphatic heterocycles. The number of aromatic amines is 1. The van der Waals surface area contributed by atoms with Gasteiger partial charge in [0, 0.05) is 22.0 Å². The van der Waals surface area contributed by atoms with Gasteiger partial charge in [0.2, 0.25) is 5.95 Å². The number of fused-ring (bicyclic) bond motifs is 2. The Hall–Kier alpha value is -3.97. The molecule has 0 atom stereocenters. The van der Waals surface area contributed by atoms with Gasteiger partial charge in [0.05, 0.1) is 30.6 Å². The zero-order chi connectivity index (χ0) is 22.1. The lowest BCUT2D eigenvalue weighted by Crippen LogP contribution is -2.08. The number of rotatable bonds is 5. The number of anilines is 1. The molecule has 5 aromatic rings. The van der Waals surface area contributed by atoms with Crippen molar-refractivity contribution in [2.75, 3.05) is 19.6 Å². The van der Waals surface area contributed by atoms with E-state index in [1.54, 1.807) is 20.3 Å². The maximum Gasteiger partial charge on any atom is 0.222 e. The molecule has 160 valence electrons. The summed E-state index contributed by atoms with van der Waals surface area (Å²) >= 11 is 6.24. The van der Waals surface area contributed by atoms with Gasteiger partial charge in [0.15, 0.2) is 11.5 Å². The van der Waals surface area contributed by atoms with Crippen LogP contribution in [-0.4, -0.2) is 24.2 Å².